The number of aryl methyl sites for hydroxylation is 2. The molecule has 0 saturated heterocycles. The van der Waals surface area contributed by atoms with E-state index in [2.05, 4.69) is 41.5 Å². The number of benzene rings is 2. The van der Waals surface area contributed by atoms with Crippen molar-refractivity contribution in [3.8, 4) is 11.3 Å². The van der Waals surface area contributed by atoms with Crippen molar-refractivity contribution in [1.82, 2.24) is 10.2 Å². The molecule has 142 valence electrons. The average molecular weight is 391 g/mol. The van der Waals surface area contributed by atoms with Gasteiger partial charge in [0.25, 0.3) is 0 Å². The molecule has 0 saturated carbocycles. The first-order chi connectivity index (χ1) is 13.4. The molecule has 28 heavy (non-hydrogen) atoms. The molecule has 0 bridgehead atoms. The number of nitrogens with one attached hydrogen (secondary N) is 1. The Labute approximate surface area is 168 Å². The SMILES string of the molecule is CC(=O)c1cccc(NC(=O)CSc2ccc(-c3ccc(C)c(C)c3)nn2)c1. The number of Topliss-reactive ketones (excluding diaryl/α,β-unsaturated/α-hetero) is 1. The Balaban J connectivity index is 1.58. The van der Waals surface area contributed by atoms with Gasteiger partial charge in [-0.3, -0.25) is 9.59 Å². The van der Waals surface area contributed by atoms with Gasteiger partial charge >= 0.3 is 0 Å². The van der Waals surface area contributed by atoms with Gasteiger partial charge in [-0.1, -0.05) is 36.0 Å². The quantitative estimate of drug-likeness (QED) is 0.487. The van der Waals surface area contributed by atoms with E-state index in [0.717, 1.165) is 11.3 Å². The van der Waals surface area contributed by atoms with Crippen molar-refractivity contribution in [3.63, 3.8) is 0 Å². The van der Waals surface area contributed by atoms with Crippen LogP contribution in [0.15, 0.2) is 59.6 Å². The molecule has 0 spiro atoms. The van der Waals surface area contributed by atoms with Gasteiger partial charge in [0.05, 0.1) is 11.4 Å². The molecule has 1 amide bonds. The summed E-state index contributed by atoms with van der Waals surface area (Å²) in [5.41, 5.74) is 5.45. The molecular weight excluding hydrogens is 370 g/mol. The molecule has 0 radical (unpaired) electrons. The molecule has 3 rings (SSSR count). The first-order valence-electron chi connectivity index (χ1n) is 8.87. The number of aromatic nitrogens is 2. The first-order valence-corrected chi connectivity index (χ1v) is 9.86. The molecule has 0 aliphatic heterocycles. The molecule has 1 N–H and O–H groups in total. The summed E-state index contributed by atoms with van der Waals surface area (Å²) in [6.45, 7) is 5.64. The zero-order valence-electron chi connectivity index (χ0n) is 16.0. The van der Waals surface area contributed by atoms with E-state index in [0.29, 0.717) is 16.3 Å². The lowest BCUT2D eigenvalue weighted by atomic mass is 10.0. The van der Waals surface area contributed by atoms with Crippen LogP contribution >= 0.6 is 11.8 Å². The van der Waals surface area contributed by atoms with E-state index < -0.39 is 0 Å². The molecule has 0 atom stereocenters. The summed E-state index contributed by atoms with van der Waals surface area (Å²) in [6, 6.07) is 16.9. The van der Waals surface area contributed by atoms with Crippen LogP contribution in [0, 0.1) is 13.8 Å². The molecule has 0 aliphatic carbocycles. The van der Waals surface area contributed by atoms with Gasteiger partial charge in [0.2, 0.25) is 5.91 Å². The summed E-state index contributed by atoms with van der Waals surface area (Å²) in [7, 11) is 0. The fourth-order valence-electron chi connectivity index (χ4n) is 2.60. The normalized spacial score (nSPS) is 10.5. The van der Waals surface area contributed by atoms with E-state index in [1.807, 2.05) is 18.2 Å². The highest BCUT2D eigenvalue weighted by Crippen LogP contribution is 2.22. The number of thioether (sulfide) groups is 1. The summed E-state index contributed by atoms with van der Waals surface area (Å²) in [6.07, 6.45) is 0. The highest BCUT2D eigenvalue weighted by atomic mass is 32.2. The number of carbonyl (C=O) groups is 2. The van der Waals surface area contributed by atoms with E-state index in [9.17, 15) is 9.59 Å². The molecule has 6 heteroatoms. The minimum Gasteiger partial charge on any atom is -0.325 e. The topological polar surface area (TPSA) is 72.0 Å². The monoisotopic (exact) mass is 391 g/mol. The summed E-state index contributed by atoms with van der Waals surface area (Å²) in [5.74, 6) is 0.0115. The lowest BCUT2D eigenvalue weighted by Crippen LogP contribution is -2.14. The minimum atomic E-state index is -0.161. The number of hydrogen-bond acceptors (Lipinski definition) is 5. The van der Waals surface area contributed by atoms with Gasteiger partial charge < -0.3 is 5.32 Å². The second-order valence-corrected chi connectivity index (χ2v) is 7.53. The van der Waals surface area contributed by atoms with Gasteiger partial charge in [0.15, 0.2) is 5.78 Å². The summed E-state index contributed by atoms with van der Waals surface area (Å²) in [5, 5.41) is 12.0. The van der Waals surface area contributed by atoms with Crippen molar-refractivity contribution in [2.45, 2.75) is 25.8 Å². The zero-order chi connectivity index (χ0) is 20.1. The smallest absolute Gasteiger partial charge is 0.234 e. The number of ketones is 1. The largest absolute Gasteiger partial charge is 0.325 e. The van der Waals surface area contributed by atoms with E-state index in [1.54, 1.807) is 24.3 Å². The van der Waals surface area contributed by atoms with Crippen LogP contribution in [-0.4, -0.2) is 27.6 Å². The summed E-state index contributed by atoms with van der Waals surface area (Å²) >= 11 is 1.32. The van der Waals surface area contributed by atoms with Crippen LogP contribution in [0.2, 0.25) is 0 Å². The lowest BCUT2D eigenvalue weighted by molar-refractivity contribution is -0.113. The van der Waals surface area contributed by atoms with Crippen LogP contribution in [0.25, 0.3) is 11.3 Å². The maximum atomic E-state index is 12.2. The third-order valence-electron chi connectivity index (χ3n) is 4.35. The zero-order valence-corrected chi connectivity index (χ0v) is 16.8. The third-order valence-corrected chi connectivity index (χ3v) is 5.27. The average Bonchev–Trinajstić information content (AvgIpc) is 2.69. The second-order valence-electron chi connectivity index (χ2n) is 6.53. The molecule has 3 aromatic rings. The minimum absolute atomic E-state index is 0.0374. The molecule has 5 nitrogen and oxygen atoms in total. The van der Waals surface area contributed by atoms with Crippen molar-refractivity contribution in [2.75, 3.05) is 11.1 Å². The lowest BCUT2D eigenvalue weighted by Gasteiger charge is -2.07. The van der Waals surface area contributed by atoms with Gasteiger partial charge in [-0.25, -0.2) is 0 Å². The van der Waals surface area contributed by atoms with Crippen molar-refractivity contribution in [1.29, 1.82) is 0 Å². The summed E-state index contributed by atoms with van der Waals surface area (Å²) in [4.78, 5) is 23.6. The van der Waals surface area contributed by atoms with Crippen molar-refractivity contribution >= 4 is 29.1 Å². The maximum absolute atomic E-state index is 12.2. The number of hydrogen-bond donors (Lipinski definition) is 1. The van der Waals surface area contributed by atoms with Crippen LogP contribution < -0.4 is 5.32 Å². The van der Waals surface area contributed by atoms with Gasteiger partial charge in [0, 0.05) is 16.8 Å². The Morgan fingerprint density at radius 2 is 1.79 bits per heavy atom. The number of nitrogens with zero attached hydrogens (tertiary/aromatic N) is 2. The third kappa shape index (κ3) is 5.04. The van der Waals surface area contributed by atoms with Crippen LogP contribution in [0.1, 0.15) is 28.4 Å². The van der Waals surface area contributed by atoms with Gasteiger partial charge in [-0.2, -0.15) is 0 Å². The van der Waals surface area contributed by atoms with E-state index in [-0.39, 0.29) is 17.4 Å². The summed E-state index contributed by atoms with van der Waals surface area (Å²) < 4.78 is 0. The van der Waals surface area contributed by atoms with E-state index in [1.165, 1.54) is 29.8 Å². The Kier molecular flexibility index (Phi) is 6.21. The molecule has 0 fully saturated rings. The van der Waals surface area contributed by atoms with Crippen LogP contribution in [-0.2, 0) is 4.79 Å². The number of amides is 1. The first kappa shape index (κ1) is 19.8. The highest BCUT2D eigenvalue weighted by Gasteiger charge is 2.08. The fourth-order valence-corrected chi connectivity index (χ4v) is 3.22. The predicted octanol–water partition coefficient (Wildman–Crippen LogP) is 4.69. The second kappa shape index (κ2) is 8.80. The number of carbonyl (C=O) groups excluding carboxylic acids is 2. The van der Waals surface area contributed by atoms with E-state index in [4.69, 9.17) is 0 Å². The van der Waals surface area contributed by atoms with Gasteiger partial charge in [-0.15, -0.1) is 10.2 Å². The molecular formula is C22H21N3O2S. The molecule has 0 unspecified atom stereocenters. The fraction of sp³-hybridized carbons (Fsp3) is 0.182. The molecule has 1 aromatic heterocycles. The van der Waals surface area contributed by atoms with Crippen LogP contribution in [0.4, 0.5) is 5.69 Å². The van der Waals surface area contributed by atoms with Gasteiger partial charge in [-0.05, 0) is 62.2 Å². The maximum Gasteiger partial charge on any atom is 0.234 e. The number of anilines is 1. The van der Waals surface area contributed by atoms with Crippen molar-refractivity contribution in [3.05, 3.63) is 71.3 Å². The number of rotatable bonds is 6. The molecule has 0 aliphatic rings. The Morgan fingerprint density at radius 3 is 2.46 bits per heavy atom. The Hall–Kier alpha value is -2.99. The van der Waals surface area contributed by atoms with Crippen LogP contribution in [0.3, 0.4) is 0 Å². The van der Waals surface area contributed by atoms with Crippen molar-refractivity contribution in [2.24, 2.45) is 0 Å². The van der Waals surface area contributed by atoms with Crippen LogP contribution in [0.5, 0.6) is 0 Å². The highest BCUT2D eigenvalue weighted by molar-refractivity contribution is 7.99. The Morgan fingerprint density at radius 1 is 0.964 bits per heavy atom. The van der Waals surface area contributed by atoms with E-state index >= 15 is 0 Å². The molecule has 2 aromatic carbocycles. The van der Waals surface area contributed by atoms with Gasteiger partial charge in [0.1, 0.15) is 5.03 Å². The predicted molar refractivity (Wildman–Crippen MR) is 113 cm³/mol. The van der Waals surface area contributed by atoms with Crippen molar-refractivity contribution < 1.29 is 9.59 Å². The Bertz CT molecular complexity index is 1020. The molecule has 1 heterocycles. The standard InChI is InChI=1S/C22H21N3O2S/c1-14-7-8-18(11-15(14)2)20-9-10-22(25-24-20)28-13-21(27)23-19-6-4-5-17(12-19)16(3)26/h4-12H,13H2,1-3H3,(H,23,27).